The van der Waals surface area contributed by atoms with E-state index in [-0.39, 0.29) is 37.2 Å². The summed E-state index contributed by atoms with van der Waals surface area (Å²) >= 11 is 6.86. The Bertz CT molecular complexity index is 1420. The number of piperidine rings is 1. The summed E-state index contributed by atoms with van der Waals surface area (Å²) in [6.07, 6.45) is 2.88. The second-order valence-corrected chi connectivity index (χ2v) is 12.1. The molecule has 1 heterocycles. The molecule has 4 N–H and O–H groups in total. The average molecular weight is 651 g/mol. The van der Waals surface area contributed by atoms with E-state index in [1.165, 1.54) is 11.1 Å². The summed E-state index contributed by atoms with van der Waals surface area (Å²) in [7, 11) is 3.58. The van der Waals surface area contributed by atoms with Crippen LogP contribution in [0.5, 0.6) is 5.75 Å². The molecule has 248 valence electrons. The highest BCUT2D eigenvalue weighted by Crippen LogP contribution is 2.41. The zero-order valence-electron chi connectivity index (χ0n) is 27.1. The Morgan fingerprint density at radius 2 is 1.85 bits per heavy atom. The van der Waals surface area contributed by atoms with Crippen molar-refractivity contribution >= 4 is 23.7 Å². The minimum absolute atomic E-state index is 0.00827. The number of aryl methyl sites for hydroxylation is 2. The number of nitrogens with one attached hydrogen (secondary N) is 3. The molecule has 0 unspecified atom stereocenters. The molecule has 3 atom stereocenters. The smallest absolute Gasteiger partial charge is 0.404 e. The molecule has 46 heavy (non-hydrogen) atoms. The van der Waals surface area contributed by atoms with E-state index >= 15 is 0 Å². The first-order valence-electron chi connectivity index (χ1n) is 16.1. The van der Waals surface area contributed by atoms with Gasteiger partial charge in [0.1, 0.15) is 5.75 Å². The maximum Gasteiger partial charge on any atom is 0.404 e. The number of amides is 3. The van der Waals surface area contributed by atoms with Gasteiger partial charge in [-0.05, 0) is 79.6 Å². The number of hydrogen-bond acceptors (Lipinski definition) is 5. The van der Waals surface area contributed by atoms with Gasteiger partial charge in [0.05, 0.1) is 19.8 Å². The number of ether oxygens (including phenoxy) is 2. The highest BCUT2D eigenvalue weighted by molar-refractivity contribution is 6.33. The van der Waals surface area contributed by atoms with E-state index in [1.54, 1.807) is 7.11 Å². The first-order valence-corrected chi connectivity index (χ1v) is 16.5. The summed E-state index contributed by atoms with van der Waals surface area (Å²) in [4.78, 5) is 26.4. The Hall–Kier alpha value is -3.79. The van der Waals surface area contributed by atoms with E-state index in [0.717, 1.165) is 54.5 Å². The average Bonchev–Trinajstić information content (AvgIpc) is 3.08. The van der Waals surface area contributed by atoms with Crippen molar-refractivity contribution in [2.24, 2.45) is 5.92 Å². The van der Waals surface area contributed by atoms with Crippen LogP contribution in [0.4, 0.5) is 9.59 Å². The molecule has 0 radical (unpaired) electrons. The fourth-order valence-corrected chi connectivity index (χ4v) is 6.39. The van der Waals surface area contributed by atoms with Crippen LogP contribution in [0, 0.1) is 5.92 Å². The van der Waals surface area contributed by atoms with Gasteiger partial charge in [-0.25, -0.2) is 9.59 Å². The number of carbonyl (C=O) groups is 2. The number of likely N-dealkylation sites (tertiary alicyclic amines) is 1. The molecule has 0 spiro atoms. The van der Waals surface area contributed by atoms with E-state index in [4.69, 9.17) is 26.2 Å². The zero-order chi connectivity index (χ0) is 32.9. The number of hydrogen-bond donors (Lipinski definition) is 4. The Labute approximate surface area is 277 Å². The van der Waals surface area contributed by atoms with Crippen LogP contribution in [0.15, 0.2) is 66.7 Å². The number of carboxylic acid groups (broad SMARTS) is 1. The number of benzene rings is 3. The van der Waals surface area contributed by atoms with Crippen molar-refractivity contribution < 1.29 is 24.2 Å². The number of urea groups is 1. The van der Waals surface area contributed by atoms with Crippen molar-refractivity contribution in [3.8, 4) is 16.9 Å². The second kappa shape index (κ2) is 17.8. The third-order valence-electron chi connectivity index (χ3n) is 8.67. The Kier molecular flexibility index (Phi) is 13.6. The van der Waals surface area contributed by atoms with Gasteiger partial charge >= 0.3 is 12.1 Å². The lowest BCUT2D eigenvalue weighted by Crippen LogP contribution is -2.49. The predicted octanol–water partition coefficient (Wildman–Crippen LogP) is 6.55. The second-order valence-electron chi connectivity index (χ2n) is 11.7. The van der Waals surface area contributed by atoms with E-state index < -0.39 is 6.09 Å². The molecule has 0 saturated carbocycles. The lowest BCUT2D eigenvalue weighted by Gasteiger charge is -2.38. The molecule has 4 rings (SSSR count). The van der Waals surface area contributed by atoms with Gasteiger partial charge in [0.15, 0.2) is 0 Å². The Morgan fingerprint density at radius 1 is 1.07 bits per heavy atom. The summed E-state index contributed by atoms with van der Waals surface area (Å²) in [6, 6.07) is 22.3. The van der Waals surface area contributed by atoms with Gasteiger partial charge in [-0.3, -0.25) is 0 Å². The van der Waals surface area contributed by atoms with Crippen molar-refractivity contribution in [2.75, 3.05) is 46.9 Å². The SMILES string of the molecule is CCc1cccc(-c2c(Cl)cccc2[C@H](OCCNC(=O)O)[C@@H]2CCCN(C(=O)NC[C@H](CCc3ccc(OC)cc3)NC)C2)c1. The number of carbonyl (C=O) groups excluding carboxylic acids is 1. The van der Waals surface area contributed by atoms with Gasteiger partial charge in [0, 0.05) is 48.7 Å². The number of methoxy groups -OCH3 is 1. The minimum Gasteiger partial charge on any atom is -0.497 e. The molecule has 0 aliphatic carbocycles. The first-order chi connectivity index (χ1) is 22.3. The monoisotopic (exact) mass is 650 g/mol. The number of rotatable bonds is 15. The minimum atomic E-state index is -1.09. The number of halogens is 1. The molecule has 0 bridgehead atoms. The van der Waals surface area contributed by atoms with Crippen LogP contribution < -0.4 is 20.7 Å². The molecule has 1 aliphatic rings. The number of nitrogens with zero attached hydrogens (tertiary/aromatic N) is 1. The summed E-state index contributed by atoms with van der Waals surface area (Å²) < 4.78 is 11.7. The van der Waals surface area contributed by atoms with Crippen molar-refractivity contribution in [3.05, 3.63) is 88.4 Å². The largest absolute Gasteiger partial charge is 0.497 e. The van der Waals surface area contributed by atoms with E-state index in [0.29, 0.717) is 24.7 Å². The van der Waals surface area contributed by atoms with Crippen LogP contribution in [-0.4, -0.2) is 75.1 Å². The molecule has 10 heteroatoms. The Morgan fingerprint density at radius 3 is 2.57 bits per heavy atom. The van der Waals surface area contributed by atoms with E-state index in [2.05, 4.69) is 53.2 Å². The van der Waals surface area contributed by atoms with Gasteiger partial charge in [-0.15, -0.1) is 0 Å². The fraction of sp³-hybridized carbons (Fsp3) is 0.444. The van der Waals surface area contributed by atoms with Crippen LogP contribution in [-0.2, 0) is 17.6 Å². The van der Waals surface area contributed by atoms with Gasteiger partial charge in [0.2, 0.25) is 0 Å². The molecule has 3 aromatic rings. The Balaban J connectivity index is 1.47. The zero-order valence-corrected chi connectivity index (χ0v) is 27.8. The number of likely N-dealkylation sites (N-methyl/N-ethyl adjacent to an activating group) is 1. The van der Waals surface area contributed by atoms with Gasteiger partial charge in [0.25, 0.3) is 0 Å². The summed E-state index contributed by atoms with van der Waals surface area (Å²) in [6.45, 7) is 4.16. The molecular formula is C36H47ClN4O5. The van der Waals surface area contributed by atoms with Crippen LogP contribution in [0.25, 0.3) is 11.1 Å². The van der Waals surface area contributed by atoms with Crippen molar-refractivity contribution in [1.82, 2.24) is 20.9 Å². The van der Waals surface area contributed by atoms with Gasteiger partial charge < -0.3 is 35.4 Å². The van der Waals surface area contributed by atoms with Gasteiger partial charge in [-0.2, -0.15) is 0 Å². The molecule has 1 fully saturated rings. The highest BCUT2D eigenvalue weighted by Gasteiger charge is 2.33. The highest BCUT2D eigenvalue weighted by atomic mass is 35.5. The van der Waals surface area contributed by atoms with E-state index in [1.807, 2.05) is 48.3 Å². The van der Waals surface area contributed by atoms with Crippen molar-refractivity contribution in [1.29, 1.82) is 0 Å². The normalized spacial score (nSPS) is 16.0. The summed E-state index contributed by atoms with van der Waals surface area (Å²) in [5.41, 5.74) is 5.28. The summed E-state index contributed by atoms with van der Waals surface area (Å²) in [5, 5.41) is 18.6. The fourth-order valence-electron chi connectivity index (χ4n) is 6.10. The molecule has 1 saturated heterocycles. The van der Waals surface area contributed by atoms with Crippen LogP contribution in [0.2, 0.25) is 5.02 Å². The van der Waals surface area contributed by atoms with Crippen LogP contribution in [0.1, 0.15) is 49.0 Å². The van der Waals surface area contributed by atoms with Crippen molar-refractivity contribution in [3.63, 3.8) is 0 Å². The van der Waals surface area contributed by atoms with Crippen LogP contribution in [0.3, 0.4) is 0 Å². The maximum absolute atomic E-state index is 13.5. The third kappa shape index (κ3) is 9.85. The lowest BCUT2D eigenvalue weighted by atomic mass is 9.84. The molecule has 9 nitrogen and oxygen atoms in total. The van der Waals surface area contributed by atoms with Crippen LogP contribution >= 0.6 is 11.6 Å². The summed E-state index contributed by atoms with van der Waals surface area (Å²) in [5.74, 6) is 0.828. The lowest BCUT2D eigenvalue weighted by molar-refractivity contribution is -0.00802. The van der Waals surface area contributed by atoms with E-state index in [9.17, 15) is 9.59 Å². The maximum atomic E-state index is 13.5. The van der Waals surface area contributed by atoms with Crippen molar-refractivity contribution in [2.45, 2.75) is 51.2 Å². The topological polar surface area (TPSA) is 112 Å². The standard InChI is InChI=1S/C36H47ClN4O5/c1-4-25-8-5-9-27(22-25)33-31(11-6-12-32(33)37)34(46-21-19-39-36(43)44)28-10-7-20-41(24-28)35(42)40-23-29(38-2)16-13-26-14-17-30(45-3)18-15-26/h5-6,8-9,11-12,14-15,17-18,22,28-29,34,38-39H,4,7,10,13,16,19-21,23-24H2,1-3H3,(H,40,42)(H,43,44)/t28-,29+,34-/m1/s1. The molecule has 3 aromatic carbocycles. The molecule has 3 amide bonds. The molecular weight excluding hydrogens is 604 g/mol. The predicted molar refractivity (Wildman–Crippen MR) is 183 cm³/mol. The first kappa shape index (κ1) is 35.1. The molecule has 1 aliphatic heterocycles. The van der Waals surface area contributed by atoms with Gasteiger partial charge in [-0.1, -0.05) is 67.1 Å². The molecule has 0 aromatic heterocycles. The quantitative estimate of drug-likeness (QED) is 0.139. The third-order valence-corrected chi connectivity index (χ3v) is 8.99.